The first kappa shape index (κ1) is 13.1. The van der Waals surface area contributed by atoms with Crippen LogP contribution in [0.3, 0.4) is 0 Å². The van der Waals surface area contributed by atoms with E-state index in [1.165, 1.54) is 12.1 Å². The van der Waals surface area contributed by atoms with Crippen LogP contribution in [0.5, 0.6) is 0 Å². The Kier molecular flexibility index (Phi) is 3.01. The summed E-state index contributed by atoms with van der Waals surface area (Å²) in [6.07, 6.45) is -1.99. The van der Waals surface area contributed by atoms with E-state index in [0.717, 1.165) is 37.2 Å². The Bertz CT molecular complexity index is 616. The molecule has 2 N–H and O–H groups in total. The zero-order valence-electron chi connectivity index (χ0n) is 10.6. The van der Waals surface area contributed by atoms with Crippen LogP contribution in [-0.2, 0) is 12.6 Å². The lowest BCUT2D eigenvalue weighted by atomic mass is 10.1. The summed E-state index contributed by atoms with van der Waals surface area (Å²) in [5, 5.41) is 8.13. The van der Waals surface area contributed by atoms with E-state index in [0.29, 0.717) is 11.4 Å². The fraction of sp³-hybridized carbons (Fsp3) is 0.385. The van der Waals surface area contributed by atoms with Gasteiger partial charge in [-0.3, -0.25) is 4.57 Å². The molecule has 0 amide bonds. The number of halogens is 3. The average Bonchev–Trinajstić information content (AvgIpc) is 2.83. The van der Waals surface area contributed by atoms with E-state index in [1.54, 1.807) is 0 Å². The van der Waals surface area contributed by atoms with Crippen molar-refractivity contribution in [2.45, 2.75) is 31.6 Å². The molecule has 0 saturated heterocycles. The molecule has 0 radical (unpaired) electrons. The summed E-state index contributed by atoms with van der Waals surface area (Å²) in [7, 11) is 0. The number of aromatic nitrogens is 3. The fourth-order valence-corrected chi connectivity index (χ4v) is 2.45. The number of rotatable bonds is 1. The molecule has 0 spiro atoms. The normalized spacial score (nSPS) is 18.9. The minimum Gasteiger partial charge on any atom is -0.311 e. The second-order valence-electron chi connectivity index (χ2n) is 4.84. The molecule has 1 aromatic heterocycles. The Morgan fingerprint density at radius 3 is 2.50 bits per heavy atom. The molecule has 1 atom stereocenters. The molecule has 1 unspecified atom stereocenters. The highest BCUT2D eigenvalue weighted by Crippen LogP contribution is 2.32. The van der Waals surface area contributed by atoms with Crippen LogP contribution >= 0.6 is 0 Å². The van der Waals surface area contributed by atoms with Crippen molar-refractivity contribution in [1.29, 1.82) is 0 Å². The molecule has 2 heterocycles. The molecule has 1 aliphatic heterocycles. The highest BCUT2D eigenvalue weighted by atomic mass is 19.4. The zero-order valence-corrected chi connectivity index (χ0v) is 10.6. The van der Waals surface area contributed by atoms with Gasteiger partial charge in [0.05, 0.1) is 11.7 Å². The standard InChI is InChI=1S/C13H13F3N4/c14-13(15,16)9-6-4-8(5-7-9)12-19-18-11-3-1-2-10(17)20(11)12/h4-7,10H,1-3,17H2. The van der Waals surface area contributed by atoms with Crippen LogP contribution in [0.1, 0.15) is 30.4 Å². The molecule has 3 rings (SSSR count). The van der Waals surface area contributed by atoms with Gasteiger partial charge in [0.15, 0.2) is 5.82 Å². The maximum Gasteiger partial charge on any atom is 0.416 e. The first-order valence-corrected chi connectivity index (χ1v) is 6.34. The Morgan fingerprint density at radius 1 is 1.15 bits per heavy atom. The predicted molar refractivity (Wildman–Crippen MR) is 66.6 cm³/mol. The van der Waals surface area contributed by atoms with Crippen LogP contribution in [0.4, 0.5) is 13.2 Å². The third kappa shape index (κ3) is 2.18. The number of benzene rings is 1. The van der Waals surface area contributed by atoms with Crippen LogP contribution in [-0.4, -0.2) is 14.8 Å². The van der Waals surface area contributed by atoms with Gasteiger partial charge in [0.25, 0.3) is 0 Å². The fourth-order valence-electron chi connectivity index (χ4n) is 2.45. The van der Waals surface area contributed by atoms with E-state index in [9.17, 15) is 13.2 Å². The van der Waals surface area contributed by atoms with E-state index < -0.39 is 11.7 Å². The number of nitrogens with zero attached hydrogens (tertiary/aromatic N) is 3. The average molecular weight is 282 g/mol. The van der Waals surface area contributed by atoms with Gasteiger partial charge in [-0.2, -0.15) is 13.2 Å². The number of hydrogen-bond acceptors (Lipinski definition) is 3. The van der Waals surface area contributed by atoms with Gasteiger partial charge in [-0.05, 0) is 25.0 Å². The second kappa shape index (κ2) is 4.59. The molecule has 0 bridgehead atoms. The lowest BCUT2D eigenvalue weighted by Gasteiger charge is -2.22. The number of aryl methyl sites for hydroxylation is 1. The van der Waals surface area contributed by atoms with Crippen molar-refractivity contribution in [3.8, 4) is 11.4 Å². The van der Waals surface area contributed by atoms with Crippen LogP contribution in [0, 0.1) is 0 Å². The van der Waals surface area contributed by atoms with Gasteiger partial charge < -0.3 is 5.73 Å². The van der Waals surface area contributed by atoms with E-state index >= 15 is 0 Å². The Morgan fingerprint density at radius 2 is 1.85 bits per heavy atom. The zero-order chi connectivity index (χ0) is 14.3. The molecule has 2 aromatic rings. The van der Waals surface area contributed by atoms with Gasteiger partial charge in [0, 0.05) is 12.0 Å². The van der Waals surface area contributed by atoms with Gasteiger partial charge >= 0.3 is 6.18 Å². The Balaban J connectivity index is 2.00. The molecular weight excluding hydrogens is 269 g/mol. The van der Waals surface area contributed by atoms with E-state index in [4.69, 9.17) is 5.73 Å². The van der Waals surface area contributed by atoms with Crippen molar-refractivity contribution in [3.05, 3.63) is 35.7 Å². The second-order valence-corrected chi connectivity index (χ2v) is 4.84. The van der Waals surface area contributed by atoms with Crippen LogP contribution in [0.2, 0.25) is 0 Å². The molecule has 4 nitrogen and oxygen atoms in total. The monoisotopic (exact) mass is 282 g/mol. The van der Waals surface area contributed by atoms with Gasteiger partial charge in [0.2, 0.25) is 0 Å². The van der Waals surface area contributed by atoms with Gasteiger partial charge in [-0.15, -0.1) is 10.2 Å². The quantitative estimate of drug-likeness (QED) is 0.875. The molecule has 0 aliphatic carbocycles. The van der Waals surface area contributed by atoms with Gasteiger partial charge in [-0.25, -0.2) is 0 Å². The topological polar surface area (TPSA) is 56.7 Å². The van der Waals surface area contributed by atoms with Crippen molar-refractivity contribution in [1.82, 2.24) is 14.8 Å². The van der Waals surface area contributed by atoms with Crippen LogP contribution in [0.25, 0.3) is 11.4 Å². The first-order chi connectivity index (χ1) is 9.47. The number of alkyl halides is 3. The van der Waals surface area contributed by atoms with Crippen molar-refractivity contribution in [2.75, 3.05) is 0 Å². The molecule has 0 saturated carbocycles. The minimum absolute atomic E-state index is 0.217. The molecule has 20 heavy (non-hydrogen) atoms. The number of hydrogen-bond donors (Lipinski definition) is 1. The molecule has 1 aromatic carbocycles. The van der Waals surface area contributed by atoms with E-state index in [2.05, 4.69) is 10.2 Å². The largest absolute Gasteiger partial charge is 0.416 e. The summed E-state index contributed by atoms with van der Waals surface area (Å²) in [5.41, 5.74) is 5.95. The maximum atomic E-state index is 12.5. The molecule has 0 fully saturated rings. The SMILES string of the molecule is NC1CCCc2nnc(-c3ccc(C(F)(F)F)cc3)n21. The lowest BCUT2D eigenvalue weighted by Crippen LogP contribution is -2.25. The third-order valence-electron chi connectivity index (χ3n) is 3.47. The molecule has 106 valence electrons. The molecule has 1 aliphatic rings. The summed E-state index contributed by atoms with van der Waals surface area (Å²) >= 11 is 0. The summed E-state index contributed by atoms with van der Waals surface area (Å²) < 4.78 is 39.4. The summed E-state index contributed by atoms with van der Waals surface area (Å²) in [6.45, 7) is 0. The predicted octanol–water partition coefficient (Wildman–Crippen LogP) is 2.76. The summed E-state index contributed by atoms with van der Waals surface area (Å²) in [4.78, 5) is 0. The Labute approximate surface area is 113 Å². The highest BCUT2D eigenvalue weighted by Gasteiger charge is 2.30. The summed E-state index contributed by atoms with van der Waals surface area (Å²) in [5.74, 6) is 1.32. The van der Waals surface area contributed by atoms with E-state index in [1.807, 2.05) is 4.57 Å². The number of nitrogens with two attached hydrogens (primary N) is 1. The van der Waals surface area contributed by atoms with Crippen molar-refractivity contribution in [3.63, 3.8) is 0 Å². The molecular formula is C13H13F3N4. The van der Waals surface area contributed by atoms with Gasteiger partial charge in [0.1, 0.15) is 5.82 Å². The Hall–Kier alpha value is -1.89. The lowest BCUT2D eigenvalue weighted by molar-refractivity contribution is -0.137. The van der Waals surface area contributed by atoms with E-state index in [-0.39, 0.29) is 6.17 Å². The van der Waals surface area contributed by atoms with Crippen LogP contribution < -0.4 is 5.73 Å². The third-order valence-corrected chi connectivity index (χ3v) is 3.47. The first-order valence-electron chi connectivity index (χ1n) is 6.34. The smallest absolute Gasteiger partial charge is 0.311 e. The van der Waals surface area contributed by atoms with Crippen LogP contribution in [0.15, 0.2) is 24.3 Å². The maximum absolute atomic E-state index is 12.5. The highest BCUT2D eigenvalue weighted by molar-refractivity contribution is 5.56. The number of fused-ring (bicyclic) bond motifs is 1. The van der Waals surface area contributed by atoms with Crippen molar-refractivity contribution >= 4 is 0 Å². The summed E-state index contributed by atoms with van der Waals surface area (Å²) in [6, 6.07) is 4.90. The minimum atomic E-state index is -4.33. The van der Waals surface area contributed by atoms with Crippen molar-refractivity contribution in [2.24, 2.45) is 5.73 Å². The van der Waals surface area contributed by atoms with Crippen molar-refractivity contribution < 1.29 is 13.2 Å². The van der Waals surface area contributed by atoms with Gasteiger partial charge in [-0.1, -0.05) is 12.1 Å². The molecule has 7 heteroatoms.